The molecular weight excluding hydrogens is 465 g/mol. The minimum absolute atomic E-state index is 0.0558. The number of nitrogens with one attached hydrogen (secondary N) is 1. The van der Waals surface area contributed by atoms with Gasteiger partial charge in [0, 0.05) is 37.2 Å². The predicted molar refractivity (Wildman–Crippen MR) is 118 cm³/mol. The molecule has 1 amide bonds. The minimum atomic E-state index is -0.0558. The molecule has 0 atom stereocenters. The van der Waals surface area contributed by atoms with Gasteiger partial charge in [0.1, 0.15) is 12.4 Å². The number of hydrogen-bond acceptors (Lipinski definition) is 4. The standard InChI is InChI=1S/C20H22BrCl2N3O2/c21-15-5-6-18(17(23)13-15)24-20(27)14-26-9-7-25(8-10-26)11-12-28-19-4-2-1-3-16(19)22/h1-6,13H,7-12,14H2,(H,24,27). The number of piperazine rings is 1. The van der Waals surface area contributed by atoms with Gasteiger partial charge in [-0.25, -0.2) is 0 Å². The quantitative estimate of drug-likeness (QED) is 0.630. The van der Waals surface area contributed by atoms with E-state index in [0.29, 0.717) is 34.6 Å². The summed E-state index contributed by atoms with van der Waals surface area (Å²) in [7, 11) is 0. The molecule has 0 saturated carbocycles. The molecule has 1 heterocycles. The van der Waals surface area contributed by atoms with Gasteiger partial charge in [0.2, 0.25) is 5.91 Å². The number of rotatable bonds is 7. The molecule has 1 fully saturated rings. The number of hydrogen-bond donors (Lipinski definition) is 1. The smallest absolute Gasteiger partial charge is 0.238 e. The molecule has 0 aliphatic carbocycles. The second kappa shape index (κ2) is 10.5. The van der Waals surface area contributed by atoms with Crippen LogP contribution in [0, 0.1) is 0 Å². The van der Waals surface area contributed by atoms with Gasteiger partial charge in [-0.15, -0.1) is 0 Å². The van der Waals surface area contributed by atoms with E-state index in [2.05, 4.69) is 31.0 Å². The maximum Gasteiger partial charge on any atom is 0.238 e. The summed E-state index contributed by atoms with van der Waals surface area (Å²) >= 11 is 15.6. The first-order chi connectivity index (χ1) is 13.5. The highest BCUT2D eigenvalue weighted by Crippen LogP contribution is 2.25. The van der Waals surface area contributed by atoms with Crippen molar-refractivity contribution in [2.24, 2.45) is 0 Å². The number of anilines is 1. The summed E-state index contributed by atoms with van der Waals surface area (Å²) in [6, 6.07) is 12.9. The van der Waals surface area contributed by atoms with Crippen LogP contribution in [-0.4, -0.2) is 61.6 Å². The highest BCUT2D eigenvalue weighted by Gasteiger charge is 2.19. The van der Waals surface area contributed by atoms with Crippen LogP contribution < -0.4 is 10.1 Å². The van der Waals surface area contributed by atoms with Crippen LogP contribution in [0.25, 0.3) is 0 Å². The van der Waals surface area contributed by atoms with Gasteiger partial charge >= 0.3 is 0 Å². The van der Waals surface area contributed by atoms with E-state index < -0.39 is 0 Å². The predicted octanol–water partition coefficient (Wildman–Crippen LogP) is 4.39. The average Bonchev–Trinajstić information content (AvgIpc) is 2.67. The summed E-state index contributed by atoms with van der Waals surface area (Å²) in [6.45, 7) is 5.26. The van der Waals surface area contributed by atoms with Gasteiger partial charge in [0.05, 0.1) is 22.3 Å². The fourth-order valence-corrected chi connectivity index (χ4v) is 3.91. The lowest BCUT2D eigenvalue weighted by molar-refractivity contribution is -0.117. The Morgan fingerprint density at radius 1 is 1.04 bits per heavy atom. The van der Waals surface area contributed by atoms with Crippen LogP contribution in [0.4, 0.5) is 5.69 Å². The van der Waals surface area contributed by atoms with E-state index in [1.165, 1.54) is 0 Å². The van der Waals surface area contributed by atoms with E-state index in [9.17, 15) is 4.79 Å². The van der Waals surface area contributed by atoms with E-state index in [1.807, 2.05) is 30.3 Å². The van der Waals surface area contributed by atoms with Crippen LogP contribution in [0.15, 0.2) is 46.9 Å². The van der Waals surface area contributed by atoms with Crippen LogP contribution >= 0.6 is 39.1 Å². The average molecular weight is 487 g/mol. The molecule has 0 unspecified atom stereocenters. The van der Waals surface area contributed by atoms with Gasteiger partial charge in [-0.1, -0.05) is 51.3 Å². The molecule has 1 aliphatic heterocycles. The van der Waals surface area contributed by atoms with E-state index in [4.69, 9.17) is 27.9 Å². The third kappa shape index (κ3) is 6.36. The molecule has 8 heteroatoms. The monoisotopic (exact) mass is 485 g/mol. The maximum atomic E-state index is 12.3. The zero-order chi connectivity index (χ0) is 19.9. The molecular formula is C20H22BrCl2N3O2. The molecule has 1 aliphatic rings. The fraction of sp³-hybridized carbons (Fsp3) is 0.350. The first kappa shape index (κ1) is 21.4. The molecule has 2 aromatic rings. The van der Waals surface area contributed by atoms with Crippen LogP contribution in [0.2, 0.25) is 10.0 Å². The Hall–Kier alpha value is -1.31. The van der Waals surface area contributed by atoms with Crippen molar-refractivity contribution in [2.75, 3.05) is 51.2 Å². The topological polar surface area (TPSA) is 44.8 Å². The fourth-order valence-electron chi connectivity index (χ4n) is 3.00. The number of carbonyl (C=O) groups is 1. The lowest BCUT2D eigenvalue weighted by Crippen LogP contribution is -2.49. The second-order valence-corrected chi connectivity index (χ2v) is 8.30. The molecule has 0 bridgehead atoms. The van der Waals surface area contributed by atoms with Crippen molar-refractivity contribution in [3.63, 3.8) is 0 Å². The Morgan fingerprint density at radius 2 is 1.75 bits per heavy atom. The molecule has 150 valence electrons. The van der Waals surface area contributed by atoms with Crippen molar-refractivity contribution in [3.05, 3.63) is 57.0 Å². The maximum absolute atomic E-state index is 12.3. The molecule has 1 saturated heterocycles. The molecule has 5 nitrogen and oxygen atoms in total. The van der Waals surface area contributed by atoms with E-state index in [-0.39, 0.29) is 5.91 Å². The normalized spacial score (nSPS) is 15.4. The second-order valence-electron chi connectivity index (χ2n) is 6.57. The van der Waals surface area contributed by atoms with Crippen molar-refractivity contribution in [2.45, 2.75) is 0 Å². The van der Waals surface area contributed by atoms with E-state index in [0.717, 1.165) is 37.2 Å². The summed E-state index contributed by atoms with van der Waals surface area (Å²) in [5.41, 5.74) is 0.630. The summed E-state index contributed by atoms with van der Waals surface area (Å²) in [5, 5.41) is 4.02. The lowest BCUT2D eigenvalue weighted by Gasteiger charge is -2.34. The number of halogens is 3. The molecule has 3 rings (SSSR count). The Balaban J connectivity index is 1.36. The largest absolute Gasteiger partial charge is 0.491 e. The SMILES string of the molecule is O=C(CN1CCN(CCOc2ccccc2Cl)CC1)Nc1ccc(Br)cc1Cl. The van der Waals surface area contributed by atoms with Gasteiger partial charge < -0.3 is 10.1 Å². The summed E-state index contributed by atoms with van der Waals surface area (Å²) < 4.78 is 6.63. The zero-order valence-electron chi connectivity index (χ0n) is 15.3. The van der Waals surface area contributed by atoms with Crippen LogP contribution in [0.3, 0.4) is 0 Å². The van der Waals surface area contributed by atoms with Crippen LogP contribution in [0.5, 0.6) is 5.75 Å². The molecule has 0 spiro atoms. The third-order valence-electron chi connectivity index (χ3n) is 4.54. The van der Waals surface area contributed by atoms with Crippen LogP contribution in [0.1, 0.15) is 0 Å². The Bertz CT molecular complexity index is 814. The number of benzene rings is 2. The first-order valence-corrected chi connectivity index (χ1v) is 10.6. The molecule has 28 heavy (non-hydrogen) atoms. The van der Waals surface area contributed by atoms with E-state index >= 15 is 0 Å². The number of nitrogens with zero attached hydrogens (tertiary/aromatic N) is 2. The van der Waals surface area contributed by atoms with Crippen molar-refractivity contribution in [3.8, 4) is 5.75 Å². The summed E-state index contributed by atoms with van der Waals surface area (Å²) in [6.07, 6.45) is 0. The van der Waals surface area contributed by atoms with Gasteiger partial charge in [0.25, 0.3) is 0 Å². The molecule has 0 radical (unpaired) electrons. The molecule has 0 aromatic heterocycles. The number of carbonyl (C=O) groups excluding carboxylic acids is 1. The van der Waals surface area contributed by atoms with Gasteiger partial charge in [-0.2, -0.15) is 0 Å². The molecule has 1 N–H and O–H groups in total. The summed E-state index contributed by atoms with van der Waals surface area (Å²) in [4.78, 5) is 16.8. The molecule has 2 aromatic carbocycles. The van der Waals surface area contributed by atoms with Gasteiger partial charge in [-0.3, -0.25) is 14.6 Å². The first-order valence-electron chi connectivity index (χ1n) is 9.08. The Morgan fingerprint density at radius 3 is 2.46 bits per heavy atom. The van der Waals surface area contributed by atoms with E-state index in [1.54, 1.807) is 12.1 Å². The van der Waals surface area contributed by atoms with Gasteiger partial charge in [0.15, 0.2) is 0 Å². The van der Waals surface area contributed by atoms with Crippen molar-refractivity contribution in [1.82, 2.24) is 9.80 Å². The Kier molecular flexibility index (Phi) is 8.00. The number of amides is 1. The Labute approximate surface area is 183 Å². The highest BCUT2D eigenvalue weighted by atomic mass is 79.9. The van der Waals surface area contributed by atoms with Crippen molar-refractivity contribution < 1.29 is 9.53 Å². The van der Waals surface area contributed by atoms with Crippen LogP contribution in [-0.2, 0) is 4.79 Å². The zero-order valence-corrected chi connectivity index (χ0v) is 18.4. The number of para-hydroxylation sites is 1. The van der Waals surface area contributed by atoms with Gasteiger partial charge in [-0.05, 0) is 30.3 Å². The van der Waals surface area contributed by atoms with Crippen molar-refractivity contribution in [1.29, 1.82) is 0 Å². The third-order valence-corrected chi connectivity index (χ3v) is 5.66. The van der Waals surface area contributed by atoms with Crippen molar-refractivity contribution >= 4 is 50.7 Å². The highest BCUT2D eigenvalue weighted by molar-refractivity contribution is 9.10. The lowest BCUT2D eigenvalue weighted by atomic mass is 10.3. The summed E-state index contributed by atoms with van der Waals surface area (Å²) in [5.74, 6) is 0.658. The minimum Gasteiger partial charge on any atom is -0.491 e. The number of ether oxygens (including phenoxy) is 1.